The lowest BCUT2D eigenvalue weighted by Crippen LogP contribution is -2.47. The van der Waals surface area contributed by atoms with Gasteiger partial charge < -0.3 is 9.80 Å². The van der Waals surface area contributed by atoms with E-state index < -0.39 is 27.8 Å². The van der Waals surface area contributed by atoms with Crippen molar-refractivity contribution in [1.29, 1.82) is 0 Å². The zero-order chi connectivity index (χ0) is 28.7. The summed E-state index contributed by atoms with van der Waals surface area (Å²) in [5, 5.41) is 6.01. The van der Waals surface area contributed by atoms with Crippen LogP contribution in [0.25, 0.3) is 10.8 Å². The van der Waals surface area contributed by atoms with E-state index in [2.05, 4.69) is 9.82 Å². The van der Waals surface area contributed by atoms with Gasteiger partial charge in [0.15, 0.2) is 0 Å². The molecular formula is C30H35N5O4S. The van der Waals surface area contributed by atoms with Gasteiger partial charge in [-0.15, -0.1) is 0 Å². The van der Waals surface area contributed by atoms with E-state index in [4.69, 9.17) is 0 Å². The highest BCUT2D eigenvalue weighted by Crippen LogP contribution is 2.20. The van der Waals surface area contributed by atoms with Crippen molar-refractivity contribution in [3.8, 4) is 0 Å². The molecule has 2 amide bonds. The van der Waals surface area contributed by atoms with Gasteiger partial charge in [0.2, 0.25) is 11.8 Å². The highest BCUT2D eigenvalue weighted by Gasteiger charge is 2.33. The van der Waals surface area contributed by atoms with Crippen LogP contribution in [0.15, 0.2) is 90.1 Å². The van der Waals surface area contributed by atoms with E-state index in [1.165, 1.54) is 12.1 Å². The largest absolute Gasteiger partial charge is 0.341 e. The third-order valence-electron chi connectivity index (χ3n) is 6.71. The second-order valence-electron chi connectivity index (χ2n) is 9.99. The lowest BCUT2D eigenvalue weighted by molar-refractivity contribution is -0.141. The summed E-state index contributed by atoms with van der Waals surface area (Å²) in [6.45, 7) is 3.79. The van der Waals surface area contributed by atoms with Gasteiger partial charge in [-0.05, 0) is 61.5 Å². The third-order valence-corrected chi connectivity index (χ3v) is 8.05. The van der Waals surface area contributed by atoms with Gasteiger partial charge in [0.1, 0.15) is 5.92 Å². The molecule has 0 spiro atoms. The van der Waals surface area contributed by atoms with Crippen molar-refractivity contribution in [2.45, 2.75) is 24.8 Å². The molecular weight excluding hydrogens is 526 g/mol. The summed E-state index contributed by atoms with van der Waals surface area (Å²) in [6.07, 6.45) is 3.42. The van der Waals surface area contributed by atoms with Crippen molar-refractivity contribution in [3.05, 3.63) is 96.3 Å². The van der Waals surface area contributed by atoms with Crippen LogP contribution in [0, 0.1) is 5.92 Å². The molecule has 4 aromatic rings. The smallest absolute Gasteiger partial charge is 0.264 e. The van der Waals surface area contributed by atoms with Gasteiger partial charge in [0.05, 0.1) is 17.6 Å². The minimum absolute atomic E-state index is 0.0190. The lowest BCUT2D eigenvalue weighted by atomic mass is 9.99. The Morgan fingerprint density at radius 3 is 2.33 bits per heavy atom. The van der Waals surface area contributed by atoms with Crippen molar-refractivity contribution in [2.24, 2.45) is 5.92 Å². The van der Waals surface area contributed by atoms with Crippen molar-refractivity contribution in [2.75, 3.05) is 33.7 Å². The highest BCUT2D eigenvalue weighted by molar-refractivity contribution is 7.90. The summed E-state index contributed by atoms with van der Waals surface area (Å²) in [7, 11) is -0.410. The molecule has 9 nitrogen and oxygen atoms in total. The molecule has 0 aliphatic heterocycles. The summed E-state index contributed by atoms with van der Waals surface area (Å²) < 4.78 is 30.4. The van der Waals surface area contributed by atoms with Crippen LogP contribution >= 0.6 is 0 Å². The van der Waals surface area contributed by atoms with Gasteiger partial charge in [-0.3, -0.25) is 14.3 Å². The minimum atomic E-state index is -4.21. The van der Waals surface area contributed by atoms with Gasteiger partial charge >= 0.3 is 0 Å². The first-order valence-electron chi connectivity index (χ1n) is 13.2. The van der Waals surface area contributed by atoms with Crippen LogP contribution in [0.5, 0.6) is 0 Å². The zero-order valence-corrected chi connectivity index (χ0v) is 23.8. The van der Waals surface area contributed by atoms with Gasteiger partial charge in [0.25, 0.3) is 10.0 Å². The Kier molecular flexibility index (Phi) is 9.34. The minimum Gasteiger partial charge on any atom is -0.341 e. The number of sulfonamides is 1. The molecule has 1 heterocycles. The average Bonchev–Trinajstić information content (AvgIpc) is 3.38. The molecule has 0 aliphatic carbocycles. The maximum absolute atomic E-state index is 13.7. The number of likely N-dealkylation sites (N-methyl/N-ethyl adjacent to an activating group) is 2. The van der Waals surface area contributed by atoms with E-state index in [0.717, 1.165) is 16.3 Å². The number of nitrogens with zero attached hydrogens (tertiary/aromatic N) is 4. The van der Waals surface area contributed by atoms with Crippen LogP contribution < -0.4 is 4.72 Å². The Morgan fingerprint density at radius 1 is 0.925 bits per heavy atom. The molecule has 0 fully saturated rings. The maximum Gasteiger partial charge on any atom is 0.264 e. The van der Waals surface area contributed by atoms with E-state index in [9.17, 15) is 18.0 Å². The van der Waals surface area contributed by atoms with E-state index in [0.29, 0.717) is 31.7 Å². The summed E-state index contributed by atoms with van der Waals surface area (Å²) in [4.78, 5) is 30.7. The molecule has 0 saturated carbocycles. The van der Waals surface area contributed by atoms with Gasteiger partial charge in [-0.2, -0.15) is 5.10 Å². The Balaban J connectivity index is 1.58. The number of benzene rings is 3. The molecule has 4 rings (SSSR count). The molecule has 0 bridgehead atoms. The number of nitrogens with one attached hydrogen (secondary N) is 1. The number of hydrogen-bond donors (Lipinski definition) is 1. The van der Waals surface area contributed by atoms with Crippen LogP contribution in [0.3, 0.4) is 0 Å². The number of rotatable bonds is 12. The Hall–Kier alpha value is -4.02. The van der Waals surface area contributed by atoms with Gasteiger partial charge in [0, 0.05) is 25.8 Å². The second kappa shape index (κ2) is 12.9. The van der Waals surface area contributed by atoms with Crippen LogP contribution in [0.1, 0.15) is 18.1 Å². The second-order valence-corrected chi connectivity index (χ2v) is 11.7. The molecule has 1 N–H and O–H groups in total. The van der Waals surface area contributed by atoms with E-state index in [1.807, 2.05) is 74.4 Å². The monoisotopic (exact) mass is 561 g/mol. The van der Waals surface area contributed by atoms with E-state index in [-0.39, 0.29) is 11.3 Å². The van der Waals surface area contributed by atoms with Crippen LogP contribution in [-0.2, 0) is 32.6 Å². The molecule has 40 heavy (non-hydrogen) atoms. The first kappa shape index (κ1) is 29.0. The van der Waals surface area contributed by atoms with Gasteiger partial charge in [-0.1, -0.05) is 60.7 Å². The quantitative estimate of drug-likeness (QED) is 0.267. The van der Waals surface area contributed by atoms with Crippen molar-refractivity contribution >= 4 is 32.6 Å². The van der Waals surface area contributed by atoms with E-state index >= 15 is 0 Å². The topological polar surface area (TPSA) is 105 Å². The number of hydrogen-bond acceptors (Lipinski definition) is 6. The molecule has 1 unspecified atom stereocenters. The number of fused-ring (bicyclic) bond motifs is 1. The zero-order valence-electron chi connectivity index (χ0n) is 23.0. The van der Waals surface area contributed by atoms with Crippen LogP contribution in [0.2, 0.25) is 0 Å². The molecule has 3 aromatic carbocycles. The molecule has 10 heteroatoms. The van der Waals surface area contributed by atoms with E-state index in [1.54, 1.807) is 34.1 Å². The fourth-order valence-electron chi connectivity index (χ4n) is 4.46. The molecule has 1 aromatic heterocycles. The van der Waals surface area contributed by atoms with Crippen molar-refractivity contribution in [3.63, 3.8) is 0 Å². The first-order chi connectivity index (χ1) is 19.2. The summed E-state index contributed by atoms with van der Waals surface area (Å²) in [5.74, 6) is -2.53. The Labute approximate surface area is 235 Å². The average molecular weight is 562 g/mol. The number of amides is 2. The molecule has 0 saturated heterocycles. The highest BCUT2D eigenvalue weighted by atomic mass is 32.2. The lowest BCUT2D eigenvalue weighted by Gasteiger charge is -2.27. The van der Waals surface area contributed by atoms with Crippen LogP contribution in [-0.4, -0.2) is 73.5 Å². The normalized spacial score (nSPS) is 12.4. The first-order valence-corrected chi connectivity index (χ1v) is 14.7. The molecule has 0 aliphatic rings. The number of aromatic nitrogens is 2. The standard InChI is InChI=1S/C30H35N5O4S/c1-4-34(17-16-33(2)3)30(37)28(18-24-20-31-35(22-24)21-23-10-6-5-7-11-23)29(36)32-40(38,39)27-15-14-25-12-8-9-13-26(25)19-27/h5-15,19-20,22,28H,4,16-18,21H2,1-3H3,(H,32,36). The predicted molar refractivity (Wildman–Crippen MR) is 155 cm³/mol. The number of carbonyl (C=O) groups is 2. The van der Waals surface area contributed by atoms with Crippen molar-refractivity contribution < 1.29 is 18.0 Å². The summed E-state index contributed by atoms with van der Waals surface area (Å²) in [6, 6.07) is 21.8. The number of carbonyl (C=O) groups excluding carboxylic acids is 2. The Morgan fingerprint density at radius 2 is 1.62 bits per heavy atom. The third kappa shape index (κ3) is 7.34. The maximum atomic E-state index is 13.7. The van der Waals surface area contributed by atoms with Gasteiger partial charge in [-0.25, -0.2) is 13.1 Å². The fraction of sp³-hybridized carbons (Fsp3) is 0.300. The molecule has 1 atom stereocenters. The van der Waals surface area contributed by atoms with Crippen molar-refractivity contribution in [1.82, 2.24) is 24.3 Å². The molecule has 210 valence electrons. The summed E-state index contributed by atoms with van der Waals surface area (Å²) in [5.41, 5.74) is 1.72. The Bertz CT molecular complexity index is 1570. The molecule has 0 radical (unpaired) electrons. The van der Waals surface area contributed by atoms with Crippen LogP contribution in [0.4, 0.5) is 0 Å². The SMILES string of the molecule is CCN(CCN(C)C)C(=O)C(Cc1cnn(Cc2ccccc2)c1)C(=O)NS(=O)(=O)c1ccc2ccccc2c1. The fourth-order valence-corrected chi connectivity index (χ4v) is 5.51. The predicted octanol–water partition coefficient (Wildman–Crippen LogP) is 3.16. The summed E-state index contributed by atoms with van der Waals surface area (Å²) >= 11 is 0.